The molecule has 1 amide bonds. The Morgan fingerprint density at radius 3 is 2.61 bits per heavy atom. The number of hydrogen-bond donors (Lipinski definition) is 1. The summed E-state index contributed by atoms with van der Waals surface area (Å²) in [4.78, 5) is 21.3. The van der Waals surface area contributed by atoms with Crippen LogP contribution in [0, 0.1) is 0 Å². The predicted octanol–water partition coefficient (Wildman–Crippen LogP) is 4.34. The van der Waals surface area contributed by atoms with Gasteiger partial charge < -0.3 is 5.32 Å². The van der Waals surface area contributed by atoms with E-state index in [2.05, 4.69) is 15.3 Å². The Morgan fingerprint density at radius 2 is 1.91 bits per heavy atom. The zero-order valence-electron chi connectivity index (χ0n) is 12.8. The van der Waals surface area contributed by atoms with Gasteiger partial charge in [-0.05, 0) is 24.1 Å². The van der Waals surface area contributed by atoms with E-state index in [9.17, 15) is 4.79 Å². The summed E-state index contributed by atoms with van der Waals surface area (Å²) in [5.74, 6) is -0.195. The molecule has 23 heavy (non-hydrogen) atoms. The molecule has 0 aliphatic rings. The minimum absolute atomic E-state index is 0.0272. The summed E-state index contributed by atoms with van der Waals surface area (Å²) in [5.41, 5.74) is 2.60. The Labute approximate surface area is 139 Å². The molecule has 0 fully saturated rings. The van der Waals surface area contributed by atoms with Crippen LogP contribution in [-0.2, 0) is 4.79 Å². The summed E-state index contributed by atoms with van der Waals surface area (Å²) in [5, 5.41) is 5.43. The van der Waals surface area contributed by atoms with Crippen LogP contribution in [0.15, 0.2) is 60.1 Å². The average Bonchev–Trinajstić information content (AvgIpc) is 3.06. The van der Waals surface area contributed by atoms with Gasteiger partial charge in [0.1, 0.15) is 5.69 Å². The van der Waals surface area contributed by atoms with Crippen LogP contribution in [0.2, 0.25) is 0 Å². The minimum atomic E-state index is -0.168. The minimum Gasteiger partial charge on any atom is -0.301 e. The molecule has 0 unspecified atom stereocenters. The number of aromatic nitrogens is 2. The molecular formula is C18H17N3OS. The van der Waals surface area contributed by atoms with Gasteiger partial charge in [0.2, 0.25) is 5.91 Å². The van der Waals surface area contributed by atoms with Crippen molar-refractivity contribution in [3.05, 3.63) is 65.7 Å². The molecule has 2 aromatic heterocycles. The predicted molar refractivity (Wildman–Crippen MR) is 93.4 cm³/mol. The number of pyridine rings is 1. The van der Waals surface area contributed by atoms with Gasteiger partial charge in [0.25, 0.3) is 0 Å². The number of thiazole rings is 1. The number of rotatable bonds is 5. The van der Waals surface area contributed by atoms with Crippen LogP contribution in [0.3, 0.4) is 0 Å². The van der Waals surface area contributed by atoms with Crippen molar-refractivity contribution in [3.8, 4) is 11.4 Å². The standard InChI is InChI=1S/C18H17N3OS/c1-2-14(13-8-4-3-5-9-13)17(22)21-18-20-16(12-23-18)15-10-6-7-11-19-15/h3-12,14H,2H2,1H3,(H,20,21,22)/t14-/m1/s1. The fourth-order valence-corrected chi connectivity index (χ4v) is 3.12. The van der Waals surface area contributed by atoms with Crippen LogP contribution in [0.25, 0.3) is 11.4 Å². The summed E-state index contributed by atoms with van der Waals surface area (Å²) in [6.07, 6.45) is 2.48. The molecule has 0 aliphatic heterocycles. The van der Waals surface area contributed by atoms with Gasteiger partial charge in [-0.25, -0.2) is 4.98 Å². The Hall–Kier alpha value is -2.53. The van der Waals surface area contributed by atoms with Gasteiger partial charge in [0.05, 0.1) is 11.6 Å². The maximum absolute atomic E-state index is 12.5. The summed E-state index contributed by atoms with van der Waals surface area (Å²) in [7, 11) is 0. The normalized spacial score (nSPS) is 11.9. The number of amides is 1. The van der Waals surface area contributed by atoms with Crippen LogP contribution < -0.4 is 5.32 Å². The van der Waals surface area contributed by atoms with Crippen LogP contribution in [-0.4, -0.2) is 15.9 Å². The molecule has 0 spiro atoms. The number of carbonyl (C=O) groups is 1. The first-order valence-electron chi connectivity index (χ1n) is 7.50. The van der Waals surface area contributed by atoms with Crippen molar-refractivity contribution < 1.29 is 4.79 Å². The first-order chi connectivity index (χ1) is 11.3. The van der Waals surface area contributed by atoms with Crippen molar-refractivity contribution in [1.82, 2.24) is 9.97 Å². The van der Waals surface area contributed by atoms with Gasteiger partial charge in [-0.15, -0.1) is 11.3 Å². The molecule has 1 aromatic carbocycles. The highest BCUT2D eigenvalue weighted by Crippen LogP contribution is 2.26. The third-order valence-corrected chi connectivity index (χ3v) is 4.35. The summed E-state index contributed by atoms with van der Waals surface area (Å²) in [6.45, 7) is 2.01. The molecule has 116 valence electrons. The third kappa shape index (κ3) is 3.63. The fourth-order valence-electron chi connectivity index (χ4n) is 2.41. The van der Waals surface area contributed by atoms with Crippen LogP contribution in [0.5, 0.6) is 0 Å². The second-order valence-corrected chi connectivity index (χ2v) is 5.97. The average molecular weight is 323 g/mol. The van der Waals surface area contributed by atoms with E-state index >= 15 is 0 Å². The van der Waals surface area contributed by atoms with Crippen molar-refractivity contribution in [1.29, 1.82) is 0 Å². The number of nitrogens with one attached hydrogen (secondary N) is 1. The zero-order valence-corrected chi connectivity index (χ0v) is 13.6. The van der Waals surface area contributed by atoms with Gasteiger partial charge >= 0.3 is 0 Å². The molecule has 0 bridgehead atoms. The largest absolute Gasteiger partial charge is 0.301 e. The lowest BCUT2D eigenvalue weighted by molar-refractivity contribution is -0.117. The molecule has 3 rings (SSSR count). The molecule has 0 aliphatic carbocycles. The highest BCUT2D eigenvalue weighted by atomic mass is 32.1. The second kappa shape index (κ2) is 7.15. The molecule has 1 N–H and O–H groups in total. The maximum Gasteiger partial charge on any atom is 0.233 e. The van der Waals surface area contributed by atoms with Crippen molar-refractivity contribution in [2.24, 2.45) is 0 Å². The van der Waals surface area contributed by atoms with E-state index in [1.165, 1.54) is 11.3 Å². The molecule has 3 aromatic rings. The Balaban J connectivity index is 1.74. The highest BCUT2D eigenvalue weighted by molar-refractivity contribution is 7.14. The number of benzene rings is 1. The van der Waals surface area contributed by atoms with Gasteiger partial charge in [0.15, 0.2) is 5.13 Å². The lowest BCUT2D eigenvalue weighted by Gasteiger charge is -2.14. The van der Waals surface area contributed by atoms with E-state index in [1.807, 2.05) is 60.8 Å². The number of carbonyl (C=O) groups excluding carboxylic acids is 1. The first-order valence-corrected chi connectivity index (χ1v) is 8.38. The van der Waals surface area contributed by atoms with E-state index in [0.29, 0.717) is 5.13 Å². The summed E-state index contributed by atoms with van der Waals surface area (Å²) < 4.78 is 0. The Morgan fingerprint density at radius 1 is 1.13 bits per heavy atom. The quantitative estimate of drug-likeness (QED) is 0.760. The lowest BCUT2D eigenvalue weighted by Crippen LogP contribution is -2.20. The Bertz CT molecular complexity index is 771. The lowest BCUT2D eigenvalue weighted by atomic mass is 9.96. The first kappa shape index (κ1) is 15.4. The van der Waals surface area contributed by atoms with Crippen molar-refractivity contribution in [3.63, 3.8) is 0 Å². The molecule has 0 radical (unpaired) electrons. The molecule has 0 saturated carbocycles. The number of anilines is 1. The van der Waals surface area contributed by atoms with Crippen LogP contribution in [0.1, 0.15) is 24.8 Å². The molecule has 5 heteroatoms. The molecule has 1 atom stereocenters. The fraction of sp³-hybridized carbons (Fsp3) is 0.167. The molecular weight excluding hydrogens is 306 g/mol. The van der Waals surface area contributed by atoms with Gasteiger partial charge in [-0.2, -0.15) is 0 Å². The zero-order chi connectivity index (χ0) is 16.1. The van der Waals surface area contributed by atoms with E-state index in [1.54, 1.807) is 6.20 Å². The van der Waals surface area contributed by atoms with Crippen molar-refractivity contribution in [2.75, 3.05) is 5.32 Å². The monoisotopic (exact) mass is 323 g/mol. The topological polar surface area (TPSA) is 54.9 Å². The third-order valence-electron chi connectivity index (χ3n) is 3.59. The molecule has 4 nitrogen and oxygen atoms in total. The molecule has 0 saturated heterocycles. The van der Waals surface area contributed by atoms with E-state index in [0.717, 1.165) is 23.4 Å². The van der Waals surface area contributed by atoms with Crippen LogP contribution in [0.4, 0.5) is 5.13 Å². The summed E-state index contributed by atoms with van der Waals surface area (Å²) in [6, 6.07) is 15.5. The molecule has 2 heterocycles. The van der Waals surface area contributed by atoms with Crippen LogP contribution >= 0.6 is 11.3 Å². The maximum atomic E-state index is 12.5. The van der Waals surface area contributed by atoms with E-state index < -0.39 is 0 Å². The van der Waals surface area contributed by atoms with Crippen molar-refractivity contribution >= 4 is 22.4 Å². The van der Waals surface area contributed by atoms with Gasteiger partial charge in [-0.1, -0.05) is 43.3 Å². The van der Waals surface area contributed by atoms with Crippen molar-refractivity contribution in [2.45, 2.75) is 19.3 Å². The SMILES string of the molecule is CC[C@@H](C(=O)Nc1nc(-c2ccccn2)cs1)c1ccccc1. The highest BCUT2D eigenvalue weighted by Gasteiger charge is 2.19. The van der Waals surface area contributed by atoms with Gasteiger partial charge in [0, 0.05) is 11.6 Å². The summed E-state index contributed by atoms with van der Waals surface area (Å²) >= 11 is 1.41. The van der Waals surface area contributed by atoms with E-state index in [-0.39, 0.29) is 11.8 Å². The Kier molecular flexibility index (Phi) is 4.78. The van der Waals surface area contributed by atoms with E-state index in [4.69, 9.17) is 0 Å². The van der Waals surface area contributed by atoms with Gasteiger partial charge in [-0.3, -0.25) is 9.78 Å². The number of hydrogen-bond acceptors (Lipinski definition) is 4. The number of nitrogens with zero attached hydrogens (tertiary/aromatic N) is 2. The smallest absolute Gasteiger partial charge is 0.233 e. The second-order valence-electron chi connectivity index (χ2n) is 5.11.